The van der Waals surface area contributed by atoms with Crippen molar-refractivity contribution < 1.29 is 0 Å². The minimum Gasteiger partial charge on any atom is -0.368 e. The lowest BCUT2D eigenvalue weighted by molar-refractivity contribution is 0.596. The molecule has 21 heavy (non-hydrogen) atoms. The number of H-pyrrole nitrogens is 1. The van der Waals surface area contributed by atoms with Gasteiger partial charge in [-0.3, -0.25) is 19.4 Å². The Bertz CT molecular complexity index is 948. The van der Waals surface area contributed by atoms with E-state index < -0.39 is 11.1 Å². The second kappa shape index (κ2) is 5.02. The van der Waals surface area contributed by atoms with Gasteiger partial charge < -0.3 is 5.73 Å². The number of aromatic amines is 1. The van der Waals surface area contributed by atoms with Crippen LogP contribution in [0.4, 0.5) is 5.95 Å². The van der Waals surface area contributed by atoms with E-state index in [1.807, 2.05) is 24.3 Å². The predicted octanol–water partition coefficient (Wildman–Crippen LogP) is 0.145. The minimum atomic E-state index is -0.845. The molecule has 0 unspecified atom stereocenters. The van der Waals surface area contributed by atoms with Crippen LogP contribution < -0.4 is 16.9 Å². The fraction of sp³-hybridized carbons (Fsp3) is 0.0833. The van der Waals surface area contributed by atoms with Crippen LogP contribution in [0.5, 0.6) is 0 Å². The molecule has 0 amide bonds. The fourth-order valence-corrected chi connectivity index (χ4v) is 2.69. The Labute approximate surface area is 122 Å². The highest BCUT2D eigenvalue weighted by molar-refractivity contribution is 7.99. The lowest BCUT2D eigenvalue weighted by atomic mass is 10.2. The highest BCUT2D eigenvalue weighted by Gasteiger charge is 2.11. The summed E-state index contributed by atoms with van der Waals surface area (Å²) < 4.78 is 1.36. The molecule has 3 N–H and O–H groups in total. The molecule has 0 saturated heterocycles. The van der Waals surface area contributed by atoms with Crippen molar-refractivity contribution in [2.45, 2.75) is 10.2 Å². The SMILES string of the molecule is Cn1[nH]c(=O)c(=O)nc1Sc1nc(N)nc2ccccc12. The van der Waals surface area contributed by atoms with Gasteiger partial charge in [0.15, 0.2) is 5.16 Å². The molecule has 0 atom stereocenters. The predicted molar refractivity (Wildman–Crippen MR) is 78.2 cm³/mol. The standard InChI is InChI=1S/C12H10N6O2S/c1-18-12(15-8(19)9(20)17-18)21-10-6-4-2-3-5-7(6)14-11(13)16-10/h2-5H,1H3,(H,17,20)(H2,13,14,16). The quantitative estimate of drug-likeness (QED) is 0.510. The maximum atomic E-state index is 11.4. The van der Waals surface area contributed by atoms with Crippen LogP contribution in [-0.4, -0.2) is 24.7 Å². The van der Waals surface area contributed by atoms with Gasteiger partial charge in [-0.25, -0.2) is 9.97 Å². The summed E-state index contributed by atoms with van der Waals surface area (Å²) in [6, 6.07) is 7.36. The van der Waals surface area contributed by atoms with Crippen molar-refractivity contribution in [3.05, 3.63) is 45.0 Å². The second-order valence-corrected chi connectivity index (χ2v) is 5.16. The number of hydrogen-bond donors (Lipinski definition) is 2. The molecule has 3 aromatic rings. The number of nitrogen functional groups attached to an aromatic ring is 1. The third-order valence-corrected chi connectivity index (χ3v) is 3.77. The maximum Gasteiger partial charge on any atom is 0.339 e. The first-order valence-electron chi connectivity index (χ1n) is 5.92. The lowest BCUT2D eigenvalue weighted by Gasteiger charge is -2.08. The average molecular weight is 302 g/mol. The first-order valence-corrected chi connectivity index (χ1v) is 6.74. The zero-order chi connectivity index (χ0) is 15.0. The van der Waals surface area contributed by atoms with E-state index in [9.17, 15) is 9.59 Å². The van der Waals surface area contributed by atoms with Gasteiger partial charge in [-0.1, -0.05) is 18.2 Å². The number of aryl methyl sites for hydroxylation is 1. The lowest BCUT2D eigenvalue weighted by Crippen LogP contribution is -2.33. The molecule has 0 fully saturated rings. The summed E-state index contributed by atoms with van der Waals surface area (Å²) in [4.78, 5) is 34.6. The molecular formula is C12H10N6O2S. The van der Waals surface area contributed by atoms with Crippen LogP contribution >= 0.6 is 11.8 Å². The van der Waals surface area contributed by atoms with E-state index in [0.717, 1.165) is 17.1 Å². The van der Waals surface area contributed by atoms with Gasteiger partial charge in [-0.05, 0) is 17.8 Å². The monoisotopic (exact) mass is 302 g/mol. The highest BCUT2D eigenvalue weighted by Crippen LogP contribution is 2.29. The fourth-order valence-electron chi connectivity index (χ4n) is 1.78. The Hall–Kier alpha value is -2.68. The maximum absolute atomic E-state index is 11.4. The number of nitrogens with zero attached hydrogens (tertiary/aromatic N) is 4. The number of aromatic nitrogens is 5. The third kappa shape index (κ3) is 2.50. The molecule has 2 heterocycles. The van der Waals surface area contributed by atoms with Crippen molar-refractivity contribution in [2.75, 3.05) is 5.73 Å². The van der Waals surface area contributed by atoms with Crippen molar-refractivity contribution in [3.63, 3.8) is 0 Å². The van der Waals surface area contributed by atoms with Gasteiger partial charge in [0.25, 0.3) is 0 Å². The van der Waals surface area contributed by atoms with Gasteiger partial charge in [0, 0.05) is 12.4 Å². The van der Waals surface area contributed by atoms with E-state index in [-0.39, 0.29) is 5.95 Å². The molecule has 8 nitrogen and oxygen atoms in total. The molecule has 0 radical (unpaired) electrons. The first kappa shape index (κ1) is 13.3. The Morgan fingerprint density at radius 1 is 1.19 bits per heavy atom. The van der Waals surface area contributed by atoms with Crippen molar-refractivity contribution in [2.24, 2.45) is 7.05 Å². The van der Waals surface area contributed by atoms with Crippen LogP contribution in [0.2, 0.25) is 0 Å². The second-order valence-electron chi connectivity index (χ2n) is 4.21. The van der Waals surface area contributed by atoms with Gasteiger partial charge in [0.1, 0.15) is 5.03 Å². The van der Waals surface area contributed by atoms with Gasteiger partial charge in [0.05, 0.1) is 5.52 Å². The Morgan fingerprint density at radius 2 is 1.95 bits per heavy atom. The molecule has 0 bridgehead atoms. The van der Waals surface area contributed by atoms with E-state index in [1.165, 1.54) is 4.68 Å². The van der Waals surface area contributed by atoms with E-state index in [2.05, 4.69) is 20.1 Å². The molecule has 3 rings (SSSR count). The van der Waals surface area contributed by atoms with Crippen LogP contribution in [0.3, 0.4) is 0 Å². The molecule has 0 saturated carbocycles. The van der Waals surface area contributed by atoms with Crippen LogP contribution in [0, 0.1) is 0 Å². The number of nitrogens with one attached hydrogen (secondary N) is 1. The Balaban J connectivity index is 2.16. The number of anilines is 1. The number of fused-ring (bicyclic) bond motifs is 1. The summed E-state index contributed by atoms with van der Waals surface area (Å²) in [6.45, 7) is 0. The zero-order valence-electron chi connectivity index (χ0n) is 10.9. The molecular weight excluding hydrogens is 292 g/mol. The van der Waals surface area contributed by atoms with Crippen molar-refractivity contribution in [3.8, 4) is 0 Å². The first-order chi connectivity index (χ1) is 10.0. The summed E-state index contributed by atoms with van der Waals surface area (Å²) in [5.41, 5.74) is 4.77. The third-order valence-electron chi connectivity index (χ3n) is 2.72. The van der Waals surface area contributed by atoms with Crippen LogP contribution in [-0.2, 0) is 7.05 Å². The number of rotatable bonds is 2. The van der Waals surface area contributed by atoms with Gasteiger partial charge in [-0.2, -0.15) is 4.98 Å². The normalized spacial score (nSPS) is 10.9. The van der Waals surface area contributed by atoms with Crippen LogP contribution in [0.25, 0.3) is 10.9 Å². The summed E-state index contributed by atoms with van der Waals surface area (Å²) in [7, 11) is 1.59. The molecule has 0 aliphatic heterocycles. The van der Waals surface area contributed by atoms with Crippen molar-refractivity contribution in [1.82, 2.24) is 24.7 Å². The van der Waals surface area contributed by atoms with E-state index in [4.69, 9.17) is 5.73 Å². The molecule has 0 spiro atoms. The number of para-hydroxylation sites is 1. The van der Waals surface area contributed by atoms with Crippen molar-refractivity contribution in [1.29, 1.82) is 0 Å². The summed E-state index contributed by atoms with van der Waals surface area (Å²) in [5, 5.41) is 4.04. The zero-order valence-corrected chi connectivity index (χ0v) is 11.7. The Kier molecular flexibility index (Phi) is 3.18. The largest absolute Gasteiger partial charge is 0.368 e. The average Bonchev–Trinajstić information content (AvgIpc) is 2.44. The molecule has 0 aliphatic carbocycles. The number of nitrogens with two attached hydrogens (primary N) is 1. The topological polar surface area (TPSA) is 120 Å². The van der Waals surface area contributed by atoms with E-state index in [1.54, 1.807) is 7.05 Å². The minimum absolute atomic E-state index is 0.130. The molecule has 2 aromatic heterocycles. The summed E-state index contributed by atoms with van der Waals surface area (Å²) >= 11 is 1.13. The summed E-state index contributed by atoms with van der Waals surface area (Å²) in [6.07, 6.45) is 0. The molecule has 106 valence electrons. The van der Waals surface area contributed by atoms with Gasteiger partial charge in [0.2, 0.25) is 5.95 Å². The Morgan fingerprint density at radius 3 is 2.76 bits per heavy atom. The van der Waals surface area contributed by atoms with Gasteiger partial charge >= 0.3 is 11.1 Å². The number of benzene rings is 1. The number of hydrogen-bond acceptors (Lipinski definition) is 7. The smallest absolute Gasteiger partial charge is 0.339 e. The van der Waals surface area contributed by atoms with E-state index >= 15 is 0 Å². The summed E-state index contributed by atoms with van der Waals surface area (Å²) in [5.74, 6) is 0.130. The highest BCUT2D eigenvalue weighted by atomic mass is 32.2. The van der Waals surface area contributed by atoms with E-state index in [0.29, 0.717) is 15.7 Å². The molecule has 1 aromatic carbocycles. The molecule has 0 aliphatic rings. The van der Waals surface area contributed by atoms with Crippen molar-refractivity contribution >= 4 is 28.6 Å². The van der Waals surface area contributed by atoms with Crippen LogP contribution in [0.15, 0.2) is 44.0 Å². The van der Waals surface area contributed by atoms with Gasteiger partial charge in [-0.15, -0.1) is 0 Å². The molecule has 9 heteroatoms. The van der Waals surface area contributed by atoms with Crippen LogP contribution in [0.1, 0.15) is 0 Å².